The zero-order valence-electron chi connectivity index (χ0n) is 13.1. The SMILES string of the molecule is CCOc1cnccc1/C(C)=N/c1cc(C(F)(F)F)ccc1C. The number of hydrogen-bond donors (Lipinski definition) is 0. The second-order valence-electron chi connectivity index (χ2n) is 5.00. The second-order valence-corrected chi connectivity index (χ2v) is 5.00. The molecule has 0 amide bonds. The van der Waals surface area contributed by atoms with Gasteiger partial charge in [-0.05, 0) is 44.5 Å². The number of alkyl halides is 3. The maximum atomic E-state index is 12.8. The van der Waals surface area contributed by atoms with Crippen molar-refractivity contribution in [2.24, 2.45) is 4.99 Å². The van der Waals surface area contributed by atoms with E-state index in [1.807, 2.05) is 6.92 Å². The van der Waals surface area contributed by atoms with Crippen LogP contribution in [0.25, 0.3) is 0 Å². The van der Waals surface area contributed by atoms with Crippen LogP contribution in [0.15, 0.2) is 41.7 Å². The van der Waals surface area contributed by atoms with Crippen molar-refractivity contribution in [3.05, 3.63) is 53.3 Å². The summed E-state index contributed by atoms with van der Waals surface area (Å²) in [5.74, 6) is 0.556. The van der Waals surface area contributed by atoms with Crippen molar-refractivity contribution < 1.29 is 17.9 Å². The quantitative estimate of drug-likeness (QED) is 0.747. The lowest BCUT2D eigenvalue weighted by molar-refractivity contribution is -0.137. The van der Waals surface area contributed by atoms with E-state index in [2.05, 4.69) is 9.98 Å². The first kappa shape index (κ1) is 17.0. The van der Waals surface area contributed by atoms with Crippen LogP contribution in [0.1, 0.15) is 30.5 Å². The molecule has 2 rings (SSSR count). The van der Waals surface area contributed by atoms with Gasteiger partial charge in [-0.1, -0.05) is 6.07 Å². The Balaban J connectivity index is 2.46. The lowest BCUT2D eigenvalue weighted by Crippen LogP contribution is -2.05. The third-order valence-electron chi connectivity index (χ3n) is 3.30. The van der Waals surface area contributed by atoms with Crippen molar-refractivity contribution >= 4 is 11.4 Å². The maximum absolute atomic E-state index is 12.8. The van der Waals surface area contributed by atoms with Crippen LogP contribution in [0.4, 0.5) is 18.9 Å². The topological polar surface area (TPSA) is 34.5 Å². The minimum absolute atomic E-state index is 0.289. The monoisotopic (exact) mass is 322 g/mol. The highest BCUT2D eigenvalue weighted by Crippen LogP contribution is 2.33. The summed E-state index contributed by atoms with van der Waals surface area (Å²) in [4.78, 5) is 8.34. The van der Waals surface area contributed by atoms with Gasteiger partial charge >= 0.3 is 6.18 Å². The van der Waals surface area contributed by atoms with E-state index in [1.165, 1.54) is 6.07 Å². The van der Waals surface area contributed by atoms with E-state index in [9.17, 15) is 13.2 Å². The molecule has 0 aliphatic carbocycles. The molecule has 0 unspecified atom stereocenters. The number of ether oxygens (including phenoxy) is 1. The van der Waals surface area contributed by atoms with Crippen LogP contribution in [-0.2, 0) is 6.18 Å². The van der Waals surface area contributed by atoms with Gasteiger partial charge in [0.1, 0.15) is 5.75 Å². The predicted molar refractivity (Wildman–Crippen MR) is 83.5 cm³/mol. The minimum Gasteiger partial charge on any atom is -0.492 e. The number of nitrogens with zero attached hydrogens (tertiary/aromatic N) is 2. The van der Waals surface area contributed by atoms with Gasteiger partial charge in [-0.15, -0.1) is 0 Å². The van der Waals surface area contributed by atoms with Gasteiger partial charge in [0.15, 0.2) is 0 Å². The molecule has 1 heterocycles. The van der Waals surface area contributed by atoms with E-state index in [0.29, 0.717) is 29.2 Å². The van der Waals surface area contributed by atoms with Gasteiger partial charge in [0.2, 0.25) is 0 Å². The molecular weight excluding hydrogens is 305 g/mol. The fraction of sp³-hybridized carbons (Fsp3) is 0.294. The Labute approximate surface area is 132 Å². The molecule has 0 spiro atoms. The third-order valence-corrected chi connectivity index (χ3v) is 3.30. The summed E-state index contributed by atoms with van der Waals surface area (Å²) in [6, 6.07) is 5.26. The predicted octanol–water partition coefficient (Wildman–Crippen LogP) is 4.95. The highest BCUT2D eigenvalue weighted by Gasteiger charge is 2.30. The Morgan fingerprint density at radius 2 is 2.00 bits per heavy atom. The molecule has 6 heteroatoms. The average Bonchev–Trinajstić information content (AvgIpc) is 2.49. The van der Waals surface area contributed by atoms with E-state index < -0.39 is 11.7 Å². The van der Waals surface area contributed by atoms with Gasteiger partial charge in [-0.2, -0.15) is 13.2 Å². The van der Waals surface area contributed by atoms with E-state index >= 15 is 0 Å². The summed E-state index contributed by atoms with van der Waals surface area (Å²) < 4.78 is 44.0. The fourth-order valence-electron chi connectivity index (χ4n) is 2.10. The first-order valence-corrected chi connectivity index (χ1v) is 7.13. The van der Waals surface area contributed by atoms with Crippen LogP contribution in [0.5, 0.6) is 5.75 Å². The van der Waals surface area contributed by atoms with E-state index in [1.54, 1.807) is 32.3 Å². The van der Waals surface area contributed by atoms with Crippen LogP contribution in [-0.4, -0.2) is 17.3 Å². The molecule has 1 aromatic heterocycles. The van der Waals surface area contributed by atoms with Crippen LogP contribution in [0.2, 0.25) is 0 Å². The van der Waals surface area contributed by atoms with Gasteiger partial charge in [-0.3, -0.25) is 9.98 Å². The van der Waals surface area contributed by atoms with E-state index in [0.717, 1.165) is 12.1 Å². The van der Waals surface area contributed by atoms with E-state index in [4.69, 9.17) is 4.74 Å². The van der Waals surface area contributed by atoms with Gasteiger partial charge in [0.25, 0.3) is 0 Å². The molecule has 1 aromatic carbocycles. The molecule has 0 saturated carbocycles. The number of halogens is 3. The number of aryl methyl sites for hydroxylation is 1. The summed E-state index contributed by atoms with van der Waals surface area (Å²) in [5.41, 5.74) is 1.52. The lowest BCUT2D eigenvalue weighted by atomic mass is 10.1. The number of pyridine rings is 1. The standard InChI is InChI=1S/C17H17F3N2O/c1-4-23-16-10-21-8-7-14(16)12(3)22-15-9-13(17(18,19)20)6-5-11(15)2/h5-10H,4H2,1-3H3/b22-12+. The maximum Gasteiger partial charge on any atom is 0.416 e. The van der Waals surface area contributed by atoms with Crippen molar-refractivity contribution in [2.75, 3.05) is 6.61 Å². The molecule has 0 aliphatic heterocycles. The minimum atomic E-state index is -4.39. The number of rotatable bonds is 4. The number of hydrogen-bond acceptors (Lipinski definition) is 3. The molecule has 0 bridgehead atoms. The second kappa shape index (κ2) is 6.81. The molecule has 0 aliphatic rings. The Bertz CT molecular complexity index is 724. The highest BCUT2D eigenvalue weighted by atomic mass is 19.4. The Hall–Kier alpha value is -2.37. The van der Waals surface area contributed by atoms with Crippen molar-refractivity contribution in [1.82, 2.24) is 4.98 Å². The van der Waals surface area contributed by atoms with Crippen molar-refractivity contribution in [3.8, 4) is 5.75 Å². The van der Waals surface area contributed by atoms with Crippen molar-refractivity contribution in [3.63, 3.8) is 0 Å². The number of benzene rings is 1. The highest BCUT2D eigenvalue weighted by molar-refractivity contribution is 6.02. The first-order chi connectivity index (χ1) is 10.8. The van der Waals surface area contributed by atoms with Gasteiger partial charge < -0.3 is 4.74 Å². The normalized spacial score (nSPS) is 12.3. The summed E-state index contributed by atoms with van der Waals surface area (Å²) in [6.07, 6.45) is -1.23. The van der Waals surface area contributed by atoms with Crippen LogP contribution >= 0.6 is 0 Å². The number of aliphatic imine (C=N–C) groups is 1. The van der Waals surface area contributed by atoms with Crippen molar-refractivity contribution in [2.45, 2.75) is 26.9 Å². The zero-order valence-corrected chi connectivity index (χ0v) is 13.1. The molecular formula is C17H17F3N2O. The summed E-state index contributed by atoms with van der Waals surface area (Å²) >= 11 is 0. The Morgan fingerprint density at radius 3 is 2.65 bits per heavy atom. The molecule has 122 valence electrons. The van der Waals surface area contributed by atoms with Crippen LogP contribution < -0.4 is 4.74 Å². The molecule has 0 fully saturated rings. The van der Waals surface area contributed by atoms with E-state index in [-0.39, 0.29) is 5.69 Å². The Kier molecular flexibility index (Phi) is 5.03. The fourth-order valence-corrected chi connectivity index (χ4v) is 2.10. The molecule has 0 saturated heterocycles. The van der Waals surface area contributed by atoms with Gasteiger partial charge in [-0.25, -0.2) is 0 Å². The Morgan fingerprint density at radius 1 is 1.26 bits per heavy atom. The summed E-state index contributed by atoms with van der Waals surface area (Å²) in [5, 5.41) is 0. The molecule has 23 heavy (non-hydrogen) atoms. The van der Waals surface area contributed by atoms with Gasteiger partial charge in [0, 0.05) is 17.5 Å². The van der Waals surface area contributed by atoms with Crippen molar-refractivity contribution in [1.29, 1.82) is 0 Å². The first-order valence-electron chi connectivity index (χ1n) is 7.13. The van der Waals surface area contributed by atoms with Crippen LogP contribution in [0, 0.1) is 6.92 Å². The lowest BCUT2D eigenvalue weighted by Gasteiger charge is -2.11. The molecule has 0 radical (unpaired) electrons. The largest absolute Gasteiger partial charge is 0.492 e. The smallest absolute Gasteiger partial charge is 0.416 e. The summed E-state index contributed by atoms with van der Waals surface area (Å²) in [6.45, 7) is 5.77. The molecule has 0 N–H and O–H groups in total. The molecule has 0 atom stereocenters. The third kappa shape index (κ3) is 4.09. The molecule has 2 aromatic rings. The summed E-state index contributed by atoms with van der Waals surface area (Å²) in [7, 11) is 0. The van der Waals surface area contributed by atoms with Gasteiger partial charge in [0.05, 0.1) is 24.1 Å². The number of aromatic nitrogens is 1. The average molecular weight is 322 g/mol. The van der Waals surface area contributed by atoms with Crippen LogP contribution in [0.3, 0.4) is 0 Å². The zero-order chi connectivity index (χ0) is 17.0. The molecule has 3 nitrogen and oxygen atoms in total.